The van der Waals surface area contributed by atoms with E-state index >= 15 is 0 Å². The summed E-state index contributed by atoms with van der Waals surface area (Å²) in [4.78, 5) is 12.7. The van der Waals surface area contributed by atoms with Gasteiger partial charge in [0.05, 0.1) is 21.3 Å². The lowest BCUT2D eigenvalue weighted by Gasteiger charge is -2.28. The first-order chi connectivity index (χ1) is 9.80. The third kappa shape index (κ3) is 4.45. The van der Waals surface area contributed by atoms with Crippen LogP contribution in [0.3, 0.4) is 0 Å². The van der Waals surface area contributed by atoms with Gasteiger partial charge in [0.15, 0.2) is 0 Å². The molecule has 4 nitrogen and oxygen atoms in total. The number of carbonyl (C=O) groups is 1. The quantitative estimate of drug-likeness (QED) is 0.837. The van der Waals surface area contributed by atoms with Crippen LogP contribution in [-0.2, 0) is 9.53 Å². The molecule has 1 aromatic heterocycles. The molecule has 2 unspecified atom stereocenters. The Bertz CT molecular complexity index is 514. The van der Waals surface area contributed by atoms with E-state index in [0.717, 1.165) is 12.1 Å². The van der Waals surface area contributed by atoms with Gasteiger partial charge in [0.1, 0.15) is 0 Å². The van der Waals surface area contributed by atoms with Crippen molar-refractivity contribution in [3.05, 3.63) is 10.9 Å². The Balaban J connectivity index is 1.97. The Labute approximate surface area is 135 Å². The zero-order valence-electron chi connectivity index (χ0n) is 13.3. The predicted molar refractivity (Wildman–Crippen MR) is 90.4 cm³/mol. The Morgan fingerprint density at radius 3 is 2.86 bits per heavy atom. The summed E-state index contributed by atoms with van der Waals surface area (Å²) < 4.78 is 6.70. The van der Waals surface area contributed by atoms with Crippen molar-refractivity contribution in [3.8, 4) is 0 Å². The fourth-order valence-corrected chi connectivity index (χ4v) is 4.66. The molecule has 2 N–H and O–H groups in total. The summed E-state index contributed by atoms with van der Waals surface area (Å²) in [6.07, 6.45) is 0.949. The summed E-state index contributed by atoms with van der Waals surface area (Å²) in [6, 6.07) is 2.72. The third-order valence-electron chi connectivity index (χ3n) is 3.64. The van der Waals surface area contributed by atoms with Crippen LogP contribution >= 0.6 is 23.1 Å². The number of carbonyl (C=O) groups excluding carboxylic acids is 1. The minimum Gasteiger partial charge on any atom is -0.379 e. The topological polar surface area (TPSA) is 50.4 Å². The standard InChI is InChI=1S/C15H24N2O2S2/c1-9(7-15(3,4)19-5)16-10(2)12-6-11-14(21-12)20-8-13(18)17-11/h6,9-10,16H,7-8H2,1-5H3,(H,17,18). The van der Waals surface area contributed by atoms with E-state index < -0.39 is 0 Å². The molecule has 1 aliphatic rings. The van der Waals surface area contributed by atoms with Crippen LogP contribution in [0.4, 0.5) is 5.69 Å². The Morgan fingerprint density at radius 2 is 2.19 bits per heavy atom. The first kappa shape index (κ1) is 16.8. The molecule has 1 aromatic rings. The molecule has 21 heavy (non-hydrogen) atoms. The van der Waals surface area contributed by atoms with Crippen LogP contribution in [0, 0.1) is 0 Å². The van der Waals surface area contributed by atoms with Crippen molar-refractivity contribution in [2.45, 2.75) is 56.0 Å². The Hall–Kier alpha value is -0.560. The second-order valence-corrected chi connectivity index (χ2v) is 8.47. The highest BCUT2D eigenvalue weighted by molar-refractivity contribution is 8.02. The van der Waals surface area contributed by atoms with Gasteiger partial charge in [-0.1, -0.05) is 0 Å². The number of thioether (sulfide) groups is 1. The van der Waals surface area contributed by atoms with Crippen molar-refractivity contribution in [2.75, 3.05) is 18.2 Å². The molecule has 2 atom stereocenters. The highest BCUT2D eigenvalue weighted by Gasteiger charge is 2.24. The smallest absolute Gasteiger partial charge is 0.234 e. The normalized spacial score (nSPS) is 18.0. The molecule has 2 rings (SSSR count). The summed E-state index contributed by atoms with van der Waals surface area (Å²) in [7, 11) is 1.75. The van der Waals surface area contributed by atoms with Gasteiger partial charge in [-0.05, 0) is 40.2 Å². The van der Waals surface area contributed by atoms with Crippen LogP contribution in [0.15, 0.2) is 10.3 Å². The maximum absolute atomic E-state index is 11.4. The average molecular weight is 329 g/mol. The first-order valence-electron chi connectivity index (χ1n) is 7.18. The van der Waals surface area contributed by atoms with Gasteiger partial charge in [-0.25, -0.2) is 0 Å². The van der Waals surface area contributed by atoms with Crippen LogP contribution < -0.4 is 10.6 Å². The number of ether oxygens (including phenoxy) is 1. The van der Waals surface area contributed by atoms with Crippen molar-refractivity contribution >= 4 is 34.7 Å². The Kier molecular flexibility index (Phi) is 5.35. The third-order valence-corrected chi connectivity index (χ3v) is 6.24. The fourth-order valence-electron chi connectivity index (χ4n) is 2.51. The molecule has 6 heteroatoms. The summed E-state index contributed by atoms with van der Waals surface area (Å²) >= 11 is 3.39. The molecule has 0 saturated carbocycles. The van der Waals surface area contributed by atoms with E-state index in [2.05, 4.69) is 44.4 Å². The molecule has 0 spiro atoms. The van der Waals surface area contributed by atoms with Crippen molar-refractivity contribution in [3.63, 3.8) is 0 Å². The highest BCUT2D eigenvalue weighted by Crippen LogP contribution is 2.41. The monoisotopic (exact) mass is 328 g/mol. The lowest BCUT2D eigenvalue weighted by Crippen LogP contribution is -2.36. The van der Waals surface area contributed by atoms with Crippen LogP contribution in [0.1, 0.15) is 45.0 Å². The number of fused-ring (bicyclic) bond motifs is 1. The maximum Gasteiger partial charge on any atom is 0.234 e. The molecular formula is C15H24N2O2S2. The predicted octanol–water partition coefficient (Wildman–Crippen LogP) is 3.65. The molecular weight excluding hydrogens is 304 g/mol. The molecule has 0 radical (unpaired) electrons. The van der Waals surface area contributed by atoms with Crippen LogP contribution in [0.5, 0.6) is 0 Å². The molecule has 0 bridgehead atoms. The number of anilines is 1. The lowest BCUT2D eigenvalue weighted by atomic mass is 9.99. The summed E-state index contributed by atoms with van der Waals surface area (Å²) in [5.41, 5.74) is 0.847. The van der Waals surface area contributed by atoms with Crippen molar-refractivity contribution in [1.82, 2.24) is 5.32 Å². The van der Waals surface area contributed by atoms with E-state index in [0.29, 0.717) is 11.8 Å². The van der Waals surface area contributed by atoms with E-state index in [-0.39, 0.29) is 17.6 Å². The second-order valence-electron chi connectivity index (χ2n) is 6.14. The number of nitrogens with one attached hydrogen (secondary N) is 2. The molecule has 0 aliphatic carbocycles. The summed E-state index contributed by atoms with van der Waals surface area (Å²) in [6.45, 7) is 8.55. The van der Waals surface area contributed by atoms with Gasteiger partial charge in [0.25, 0.3) is 0 Å². The SMILES string of the molecule is COC(C)(C)CC(C)NC(C)c1cc2c(s1)SCC(=O)N2. The van der Waals surface area contributed by atoms with Crippen LogP contribution in [-0.4, -0.2) is 30.4 Å². The highest BCUT2D eigenvalue weighted by atomic mass is 32.2. The van der Waals surface area contributed by atoms with Gasteiger partial charge in [0, 0.05) is 24.1 Å². The molecule has 0 fully saturated rings. The second kappa shape index (κ2) is 6.69. The number of amides is 1. The van der Waals surface area contributed by atoms with Crippen molar-refractivity contribution in [1.29, 1.82) is 0 Å². The van der Waals surface area contributed by atoms with Crippen molar-refractivity contribution in [2.24, 2.45) is 0 Å². The minimum absolute atomic E-state index is 0.0904. The minimum atomic E-state index is -0.120. The average Bonchev–Trinajstić information content (AvgIpc) is 2.81. The zero-order chi connectivity index (χ0) is 15.6. The lowest BCUT2D eigenvalue weighted by molar-refractivity contribution is -0.113. The number of hydrogen-bond acceptors (Lipinski definition) is 5. The van der Waals surface area contributed by atoms with Crippen LogP contribution in [0.25, 0.3) is 0 Å². The molecule has 0 saturated heterocycles. The van der Waals surface area contributed by atoms with Crippen molar-refractivity contribution < 1.29 is 9.53 Å². The van der Waals surface area contributed by atoms with Gasteiger partial charge < -0.3 is 15.4 Å². The summed E-state index contributed by atoms with van der Waals surface area (Å²) in [5, 5.41) is 6.55. The first-order valence-corrected chi connectivity index (χ1v) is 8.98. The molecule has 2 heterocycles. The summed E-state index contributed by atoms with van der Waals surface area (Å²) in [5.74, 6) is 0.611. The molecule has 1 aliphatic heterocycles. The number of rotatable bonds is 6. The number of hydrogen-bond donors (Lipinski definition) is 2. The molecule has 1 amide bonds. The molecule has 118 valence electrons. The van der Waals surface area contributed by atoms with Gasteiger partial charge in [-0.15, -0.1) is 23.1 Å². The largest absolute Gasteiger partial charge is 0.379 e. The number of thiophene rings is 1. The fraction of sp³-hybridized carbons (Fsp3) is 0.667. The van der Waals surface area contributed by atoms with E-state index in [4.69, 9.17) is 4.74 Å². The van der Waals surface area contributed by atoms with E-state index in [9.17, 15) is 4.79 Å². The van der Waals surface area contributed by atoms with Gasteiger partial charge in [-0.2, -0.15) is 0 Å². The zero-order valence-corrected chi connectivity index (χ0v) is 14.9. The molecule has 0 aromatic carbocycles. The number of methoxy groups -OCH3 is 1. The van der Waals surface area contributed by atoms with E-state index in [1.165, 1.54) is 9.09 Å². The van der Waals surface area contributed by atoms with E-state index in [1.807, 2.05) is 0 Å². The van der Waals surface area contributed by atoms with E-state index in [1.54, 1.807) is 30.2 Å². The van der Waals surface area contributed by atoms with Gasteiger partial charge in [0.2, 0.25) is 5.91 Å². The Morgan fingerprint density at radius 1 is 1.48 bits per heavy atom. The van der Waals surface area contributed by atoms with Gasteiger partial charge >= 0.3 is 0 Å². The van der Waals surface area contributed by atoms with Crippen LogP contribution in [0.2, 0.25) is 0 Å². The maximum atomic E-state index is 11.4. The van der Waals surface area contributed by atoms with Gasteiger partial charge in [-0.3, -0.25) is 4.79 Å².